The molecule has 106 valence electrons. The number of rotatable bonds is 8. The number of carbonyl (C=O) groups is 1. The van der Waals surface area contributed by atoms with Crippen molar-refractivity contribution >= 4 is 5.91 Å². The number of carbonyl (C=O) groups excluding carboxylic acids is 1. The average molecular weight is 265 g/mol. The number of hydrogen-bond acceptors (Lipinski definition) is 3. The van der Waals surface area contributed by atoms with Crippen LogP contribution in [0.5, 0.6) is 5.75 Å². The monoisotopic (exact) mass is 265 g/mol. The standard InChI is InChI=1S/C15H23NO3/c1-15(2,12-17)11-16-14(18)9-6-10-19-13-7-4-3-5-8-13/h3-5,7-8,17H,6,9-12H2,1-2H3,(H,16,18). The molecule has 0 aromatic heterocycles. The summed E-state index contributed by atoms with van der Waals surface area (Å²) in [5.41, 5.74) is -0.268. The highest BCUT2D eigenvalue weighted by Gasteiger charge is 2.17. The third-order valence-electron chi connectivity index (χ3n) is 2.75. The van der Waals surface area contributed by atoms with E-state index in [4.69, 9.17) is 9.84 Å². The molecule has 1 aromatic rings. The van der Waals surface area contributed by atoms with Crippen molar-refractivity contribution in [1.29, 1.82) is 0 Å². The van der Waals surface area contributed by atoms with Gasteiger partial charge in [-0.05, 0) is 18.6 Å². The highest BCUT2D eigenvalue weighted by atomic mass is 16.5. The highest BCUT2D eigenvalue weighted by molar-refractivity contribution is 5.75. The predicted octanol–water partition coefficient (Wildman–Crippen LogP) is 1.98. The molecule has 0 atom stereocenters. The number of aliphatic hydroxyl groups excluding tert-OH is 1. The van der Waals surface area contributed by atoms with Crippen LogP contribution in [0.15, 0.2) is 30.3 Å². The number of ether oxygens (including phenoxy) is 1. The van der Waals surface area contributed by atoms with Crippen molar-refractivity contribution in [2.24, 2.45) is 5.41 Å². The minimum Gasteiger partial charge on any atom is -0.494 e. The smallest absolute Gasteiger partial charge is 0.220 e. The molecule has 0 unspecified atom stereocenters. The summed E-state index contributed by atoms with van der Waals surface area (Å²) in [5, 5.41) is 11.9. The molecule has 0 bridgehead atoms. The lowest BCUT2D eigenvalue weighted by atomic mass is 9.95. The van der Waals surface area contributed by atoms with Crippen molar-refractivity contribution in [3.63, 3.8) is 0 Å². The fourth-order valence-corrected chi connectivity index (χ4v) is 1.42. The van der Waals surface area contributed by atoms with Crippen LogP contribution < -0.4 is 10.1 Å². The maximum atomic E-state index is 11.6. The van der Waals surface area contributed by atoms with Crippen LogP contribution in [0.1, 0.15) is 26.7 Å². The van der Waals surface area contributed by atoms with E-state index in [0.29, 0.717) is 26.0 Å². The molecule has 0 saturated carbocycles. The van der Waals surface area contributed by atoms with Crippen molar-refractivity contribution in [1.82, 2.24) is 5.32 Å². The van der Waals surface area contributed by atoms with Crippen molar-refractivity contribution in [3.05, 3.63) is 30.3 Å². The number of nitrogens with one attached hydrogen (secondary N) is 1. The van der Waals surface area contributed by atoms with Crippen LogP contribution in [0.3, 0.4) is 0 Å². The average Bonchev–Trinajstić information content (AvgIpc) is 2.43. The zero-order valence-electron chi connectivity index (χ0n) is 11.7. The molecule has 0 saturated heterocycles. The second kappa shape index (κ2) is 7.79. The van der Waals surface area contributed by atoms with Gasteiger partial charge in [0.05, 0.1) is 6.61 Å². The molecule has 19 heavy (non-hydrogen) atoms. The summed E-state index contributed by atoms with van der Waals surface area (Å²) in [6.07, 6.45) is 1.12. The molecule has 0 aliphatic heterocycles. The number of amides is 1. The zero-order valence-corrected chi connectivity index (χ0v) is 11.7. The molecule has 0 heterocycles. The van der Waals surface area contributed by atoms with Crippen LogP contribution in [-0.4, -0.2) is 30.8 Å². The summed E-state index contributed by atoms with van der Waals surface area (Å²) >= 11 is 0. The van der Waals surface area contributed by atoms with E-state index in [2.05, 4.69) is 5.32 Å². The zero-order chi connectivity index (χ0) is 14.1. The van der Waals surface area contributed by atoms with Gasteiger partial charge in [0.15, 0.2) is 0 Å². The number of hydrogen-bond donors (Lipinski definition) is 2. The van der Waals surface area contributed by atoms with E-state index < -0.39 is 0 Å². The van der Waals surface area contributed by atoms with Crippen molar-refractivity contribution in [3.8, 4) is 5.75 Å². The van der Waals surface area contributed by atoms with Crippen LogP contribution in [0, 0.1) is 5.41 Å². The first-order valence-corrected chi connectivity index (χ1v) is 6.59. The SMILES string of the molecule is CC(C)(CO)CNC(=O)CCCOc1ccccc1. The third-order valence-corrected chi connectivity index (χ3v) is 2.75. The highest BCUT2D eigenvalue weighted by Crippen LogP contribution is 2.11. The Bertz CT molecular complexity index is 376. The lowest BCUT2D eigenvalue weighted by Gasteiger charge is -2.21. The van der Waals surface area contributed by atoms with Gasteiger partial charge >= 0.3 is 0 Å². The normalized spacial score (nSPS) is 11.1. The van der Waals surface area contributed by atoms with Crippen LogP contribution in [-0.2, 0) is 4.79 Å². The molecule has 0 fully saturated rings. The van der Waals surface area contributed by atoms with Crippen molar-refractivity contribution in [2.75, 3.05) is 19.8 Å². The van der Waals surface area contributed by atoms with Gasteiger partial charge in [-0.25, -0.2) is 0 Å². The molecule has 4 nitrogen and oxygen atoms in total. The largest absolute Gasteiger partial charge is 0.494 e. The molecule has 1 rings (SSSR count). The molecule has 4 heteroatoms. The third kappa shape index (κ3) is 6.82. The lowest BCUT2D eigenvalue weighted by molar-refractivity contribution is -0.121. The maximum absolute atomic E-state index is 11.6. The molecule has 1 aromatic carbocycles. The minimum absolute atomic E-state index is 0.00168. The first kappa shape index (κ1) is 15.5. The molecule has 1 amide bonds. The topological polar surface area (TPSA) is 58.6 Å². The number of benzene rings is 1. The van der Waals surface area contributed by atoms with E-state index in [1.54, 1.807) is 0 Å². The van der Waals surface area contributed by atoms with Gasteiger partial charge in [0, 0.05) is 25.0 Å². The maximum Gasteiger partial charge on any atom is 0.220 e. The first-order chi connectivity index (χ1) is 9.03. The van der Waals surface area contributed by atoms with Crippen molar-refractivity contribution < 1.29 is 14.6 Å². The van der Waals surface area contributed by atoms with E-state index in [1.807, 2.05) is 44.2 Å². The van der Waals surface area contributed by atoms with E-state index in [9.17, 15) is 4.79 Å². The molecule has 2 N–H and O–H groups in total. The Morgan fingerprint density at radius 2 is 2.00 bits per heavy atom. The fraction of sp³-hybridized carbons (Fsp3) is 0.533. The van der Waals surface area contributed by atoms with Gasteiger partial charge in [-0.2, -0.15) is 0 Å². The Hall–Kier alpha value is -1.55. The van der Waals surface area contributed by atoms with Gasteiger partial charge in [0.2, 0.25) is 5.91 Å². The van der Waals surface area contributed by atoms with E-state index in [1.165, 1.54) is 0 Å². The van der Waals surface area contributed by atoms with Crippen molar-refractivity contribution in [2.45, 2.75) is 26.7 Å². The predicted molar refractivity (Wildman–Crippen MR) is 75.0 cm³/mol. The van der Waals surface area contributed by atoms with Crippen LogP contribution in [0.25, 0.3) is 0 Å². The molecule has 0 aliphatic rings. The summed E-state index contributed by atoms with van der Waals surface area (Å²) in [5.74, 6) is 0.822. The summed E-state index contributed by atoms with van der Waals surface area (Å²) in [4.78, 5) is 11.6. The van der Waals surface area contributed by atoms with E-state index in [0.717, 1.165) is 5.75 Å². The van der Waals surface area contributed by atoms with Gasteiger partial charge in [0.1, 0.15) is 5.75 Å². The van der Waals surface area contributed by atoms with Crippen LogP contribution in [0.2, 0.25) is 0 Å². The number of aliphatic hydroxyl groups is 1. The summed E-state index contributed by atoms with van der Waals surface area (Å²) in [6.45, 7) is 4.89. The van der Waals surface area contributed by atoms with Gasteiger partial charge < -0.3 is 15.2 Å². The Labute approximate surface area is 114 Å². The molecular weight excluding hydrogens is 242 g/mol. The van der Waals surface area contributed by atoms with Gasteiger partial charge in [-0.1, -0.05) is 32.0 Å². The van der Waals surface area contributed by atoms with Gasteiger partial charge in [-0.3, -0.25) is 4.79 Å². The van der Waals surface area contributed by atoms with Gasteiger partial charge in [0.25, 0.3) is 0 Å². The lowest BCUT2D eigenvalue weighted by Crippen LogP contribution is -2.36. The number of para-hydroxylation sites is 1. The second-order valence-corrected chi connectivity index (χ2v) is 5.36. The summed E-state index contributed by atoms with van der Waals surface area (Å²) < 4.78 is 5.50. The van der Waals surface area contributed by atoms with E-state index >= 15 is 0 Å². The van der Waals surface area contributed by atoms with E-state index in [-0.39, 0.29) is 17.9 Å². The molecular formula is C15H23NO3. The quantitative estimate of drug-likeness (QED) is 0.707. The fourth-order valence-electron chi connectivity index (χ4n) is 1.42. The second-order valence-electron chi connectivity index (χ2n) is 5.36. The Morgan fingerprint density at radius 3 is 2.63 bits per heavy atom. The molecule has 0 spiro atoms. The van der Waals surface area contributed by atoms with Gasteiger partial charge in [-0.15, -0.1) is 0 Å². The molecule has 0 aliphatic carbocycles. The minimum atomic E-state index is -0.268. The van der Waals surface area contributed by atoms with Crippen LogP contribution in [0.4, 0.5) is 0 Å². The first-order valence-electron chi connectivity index (χ1n) is 6.59. The Kier molecular flexibility index (Phi) is 6.36. The summed E-state index contributed by atoms with van der Waals surface area (Å²) in [6, 6.07) is 9.55. The summed E-state index contributed by atoms with van der Waals surface area (Å²) in [7, 11) is 0. The Balaban J connectivity index is 2.11. The van der Waals surface area contributed by atoms with Crippen LogP contribution >= 0.6 is 0 Å². The Morgan fingerprint density at radius 1 is 1.32 bits per heavy atom. The molecule has 0 radical (unpaired) electrons.